The van der Waals surface area contributed by atoms with Crippen molar-refractivity contribution in [2.45, 2.75) is 136 Å². The molecular formula is C36H69N5O2. The van der Waals surface area contributed by atoms with Gasteiger partial charge in [-0.1, -0.05) is 20.8 Å². The molecule has 0 saturated heterocycles. The Kier molecular flexibility index (Phi) is 12.8. The molecule has 0 aliphatic heterocycles. The van der Waals surface area contributed by atoms with Crippen LogP contribution in [0.4, 0.5) is 0 Å². The van der Waals surface area contributed by atoms with Gasteiger partial charge in [-0.2, -0.15) is 0 Å². The summed E-state index contributed by atoms with van der Waals surface area (Å²) in [6.07, 6.45) is 14.6. The van der Waals surface area contributed by atoms with Gasteiger partial charge in [0.05, 0.1) is 6.10 Å². The Morgan fingerprint density at radius 2 is 1.56 bits per heavy atom. The van der Waals surface area contributed by atoms with Crippen LogP contribution in [-0.4, -0.2) is 73.4 Å². The van der Waals surface area contributed by atoms with Gasteiger partial charge in [0, 0.05) is 18.5 Å². The standard InChI is InChI=1S/C36H69N5O2/c1-25(2)40-33(43)12-9-26(3)29-10-11-30-34-31(14-16-36(29,30)5)35(4)15-13-28(23-27(35)24-32(34)42)39-19-8-22-41(20-6-17-37)21-7-18-38/h25-32,34,39,42H,6-24,37-38H2,1-5H3,(H,40,43)/t26-,27?,28+,29-,30?,31?,32+,34?,35+,36-/m1/s1. The molecule has 0 aromatic carbocycles. The van der Waals surface area contributed by atoms with E-state index in [-0.39, 0.29) is 18.1 Å². The molecule has 4 aliphatic rings. The summed E-state index contributed by atoms with van der Waals surface area (Å²) in [5.41, 5.74) is 12.2. The Hall–Kier alpha value is -0.730. The van der Waals surface area contributed by atoms with E-state index in [4.69, 9.17) is 11.5 Å². The second-order valence-electron chi connectivity index (χ2n) is 16.2. The second-order valence-corrected chi connectivity index (χ2v) is 16.2. The Bertz CT molecular complexity index is 863. The summed E-state index contributed by atoms with van der Waals surface area (Å²) in [6.45, 7) is 17.5. The van der Waals surface area contributed by atoms with Gasteiger partial charge in [0.1, 0.15) is 0 Å². The number of carbonyl (C=O) groups excluding carboxylic acids is 1. The molecule has 4 aliphatic carbocycles. The maximum atomic E-state index is 12.4. The van der Waals surface area contributed by atoms with E-state index in [9.17, 15) is 9.90 Å². The minimum atomic E-state index is -0.157. The van der Waals surface area contributed by atoms with Gasteiger partial charge in [-0.05, 0) is 177 Å². The van der Waals surface area contributed by atoms with Crippen LogP contribution in [0.2, 0.25) is 0 Å². The lowest BCUT2D eigenvalue weighted by atomic mass is 9.43. The van der Waals surface area contributed by atoms with Crippen LogP contribution in [0.5, 0.6) is 0 Å². The fraction of sp³-hybridized carbons (Fsp3) is 0.972. The normalized spacial score (nSPS) is 38.0. The number of aliphatic hydroxyl groups is 1. The summed E-state index contributed by atoms with van der Waals surface area (Å²) >= 11 is 0. The zero-order valence-corrected chi connectivity index (χ0v) is 28.6. The van der Waals surface area contributed by atoms with E-state index < -0.39 is 0 Å². The minimum Gasteiger partial charge on any atom is -0.393 e. The highest BCUT2D eigenvalue weighted by molar-refractivity contribution is 5.76. The fourth-order valence-corrected chi connectivity index (χ4v) is 10.9. The molecule has 0 aromatic heterocycles. The molecule has 0 spiro atoms. The Labute approximate surface area is 264 Å². The average Bonchev–Trinajstić information content (AvgIpc) is 3.32. The smallest absolute Gasteiger partial charge is 0.220 e. The van der Waals surface area contributed by atoms with Crippen molar-refractivity contribution in [2.24, 2.45) is 57.8 Å². The molecule has 4 rings (SSSR count). The molecule has 4 saturated carbocycles. The maximum absolute atomic E-state index is 12.4. The molecule has 4 unspecified atom stereocenters. The molecule has 0 aromatic rings. The van der Waals surface area contributed by atoms with Crippen LogP contribution < -0.4 is 22.1 Å². The van der Waals surface area contributed by atoms with Crippen LogP contribution >= 0.6 is 0 Å². The number of amides is 1. The van der Waals surface area contributed by atoms with Crippen molar-refractivity contribution < 1.29 is 9.90 Å². The number of hydrogen-bond acceptors (Lipinski definition) is 6. The van der Waals surface area contributed by atoms with Crippen molar-refractivity contribution in [1.29, 1.82) is 0 Å². The van der Waals surface area contributed by atoms with Crippen LogP contribution in [0.25, 0.3) is 0 Å². The highest BCUT2D eigenvalue weighted by Gasteiger charge is 2.62. The minimum absolute atomic E-state index is 0.157. The third-order valence-electron chi connectivity index (χ3n) is 13.2. The van der Waals surface area contributed by atoms with Gasteiger partial charge < -0.3 is 32.1 Å². The summed E-state index contributed by atoms with van der Waals surface area (Å²) in [5, 5.41) is 18.8. The van der Waals surface area contributed by atoms with Gasteiger partial charge in [-0.15, -0.1) is 0 Å². The van der Waals surface area contributed by atoms with Crippen molar-refractivity contribution in [3.8, 4) is 0 Å². The van der Waals surface area contributed by atoms with Crippen LogP contribution in [0.15, 0.2) is 0 Å². The summed E-state index contributed by atoms with van der Waals surface area (Å²) < 4.78 is 0. The van der Waals surface area contributed by atoms with Crippen LogP contribution in [0.1, 0.15) is 118 Å². The van der Waals surface area contributed by atoms with Gasteiger partial charge in [-0.25, -0.2) is 0 Å². The molecule has 7 nitrogen and oxygen atoms in total. The largest absolute Gasteiger partial charge is 0.393 e. The van der Waals surface area contributed by atoms with Crippen molar-refractivity contribution >= 4 is 5.91 Å². The van der Waals surface area contributed by atoms with Gasteiger partial charge in [0.2, 0.25) is 5.91 Å². The summed E-state index contributed by atoms with van der Waals surface area (Å²) in [4.78, 5) is 14.9. The van der Waals surface area contributed by atoms with Crippen LogP contribution in [-0.2, 0) is 4.79 Å². The lowest BCUT2D eigenvalue weighted by molar-refractivity contribution is -0.167. The first-order chi connectivity index (χ1) is 20.5. The highest BCUT2D eigenvalue weighted by atomic mass is 16.3. The molecule has 0 radical (unpaired) electrons. The molecule has 1 amide bonds. The first kappa shape index (κ1) is 35.1. The quantitative estimate of drug-likeness (QED) is 0.160. The van der Waals surface area contributed by atoms with E-state index in [1.165, 1.54) is 51.4 Å². The molecule has 250 valence electrons. The molecule has 10 atom stereocenters. The number of aliphatic hydroxyl groups excluding tert-OH is 1. The number of carbonyl (C=O) groups is 1. The van der Waals surface area contributed by atoms with E-state index in [2.05, 4.69) is 36.3 Å². The van der Waals surface area contributed by atoms with E-state index in [0.29, 0.717) is 58.8 Å². The number of nitrogens with one attached hydrogen (secondary N) is 2. The second kappa shape index (κ2) is 15.7. The third kappa shape index (κ3) is 8.17. The molecule has 0 bridgehead atoms. The summed E-state index contributed by atoms with van der Waals surface area (Å²) in [6, 6.07) is 0.797. The lowest BCUT2D eigenvalue weighted by Crippen LogP contribution is -2.59. The fourth-order valence-electron chi connectivity index (χ4n) is 10.9. The molecular weight excluding hydrogens is 534 g/mol. The van der Waals surface area contributed by atoms with Crippen molar-refractivity contribution in [3.05, 3.63) is 0 Å². The van der Waals surface area contributed by atoms with Crippen LogP contribution in [0, 0.1) is 46.3 Å². The van der Waals surface area contributed by atoms with E-state index in [1.807, 2.05) is 13.8 Å². The van der Waals surface area contributed by atoms with Crippen LogP contribution in [0.3, 0.4) is 0 Å². The summed E-state index contributed by atoms with van der Waals surface area (Å²) in [7, 11) is 0. The SMILES string of the molecule is CC(C)NC(=O)CC[C@@H](C)[C@H]1CCC2C3C(CC[C@@]21C)[C@@]1(C)CC[C@H](NCCCN(CCCN)CCCN)CC1C[C@@H]3O. The predicted molar refractivity (Wildman–Crippen MR) is 178 cm³/mol. The van der Waals surface area contributed by atoms with Gasteiger partial charge in [0.25, 0.3) is 0 Å². The highest BCUT2D eigenvalue weighted by Crippen LogP contribution is 2.68. The number of fused-ring (bicyclic) bond motifs is 5. The van der Waals surface area contributed by atoms with E-state index in [0.717, 1.165) is 65.0 Å². The summed E-state index contributed by atoms with van der Waals surface area (Å²) in [5.74, 6) is 3.80. The Morgan fingerprint density at radius 1 is 0.907 bits per heavy atom. The van der Waals surface area contributed by atoms with Gasteiger partial charge in [0.15, 0.2) is 0 Å². The number of nitrogens with zero attached hydrogens (tertiary/aromatic N) is 1. The van der Waals surface area contributed by atoms with Crippen molar-refractivity contribution in [2.75, 3.05) is 39.3 Å². The molecule has 7 N–H and O–H groups in total. The number of nitrogens with two attached hydrogens (primary N) is 2. The molecule has 7 heteroatoms. The van der Waals surface area contributed by atoms with Crippen molar-refractivity contribution in [3.63, 3.8) is 0 Å². The number of rotatable bonds is 16. The average molecular weight is 604 g/mol. The lowest BCUT2D eigenvalue weighted by Gasteiger charge is -2.62. The Balaban J connectivity index is 1.30. The molecule has 0 heterocycles. The van der Waals surface area contributed by atoms with E-state index in [1.54, 1.807) is 0 Å². The zero-order chi connectivity index (χ0) is 31.2. The van der Waals surface area contributed by atoms with Gasteiger partial charge >= 0.3 is 0 Å². The Morgan fingerprint density at radius 3 is 2.23 bits per heavy atom. The van der Waals surface area contributed by atoms with Crippen molar-refractivity contribution in [1.82, 2.24) is 15.5 Å². The third-order valence-corrected chi connectivity index (χ3v) is 13.2. The van der Waals surface area contributed by atoms with E-state index >= 15 is 0 Å². The predicted octanol–water partition coefficient (Wildman–Crippen LogP) is 4.90. The maximum Gasteiger partial charge on any atom is 0.220 e. The first-order valence-electron chi connectivity index (χ1n) is 18.4. The van der Waals surface area contributed by atoms with Gasteiger partial charge in [-0.3, -0.25) is 4.79 Å². The monoisotopic (exact) mass is 604 g/mol. The molecule has 4 fully saturated rings. The first-order valence-corrected chi connectivity index (χ1v) is 18.4. The topological polar surface area (TPSA) is 117 Å². The number of hydrogen-bond donors (Lipinski definition) is 5. The zero-order valence-electron chi connectivity index (χ0n) is 28.6. The molecule has 43 heavy (non-hydrogen) atoms.